The Morgan fingerprint density at radius 1 is 0.875 bits per heavy atom. The van der Waals surface area contributed by atoms with Gasteiger partial charge in [-0.05, 0) is 55.0 Å². The summed E-state index contributed by atoms with van der Waals surface area (Å²) in [6.45, 7) is 1.96. The van der Waals surface area contributed by atoms with Gasteiger partial charge in [-0.1, -0.05) is 18.2 Å². The van der Waals surface area contributed by atoms with Crippen LogP contribution in [0, 0.1) is 6.92 Å². The van der Waals surface area contributed by atoms with Crippen LogP contribution in [-0.4, -0.2) is 46.8 Å². The van der Waals surface area contributed by atoms with Gasteiger partial charge in [0.1, 0.15) is 0 Å². The molecule has 3 aromatic carbocycles. The van der Waals surface area contributed by atoms with Gasteiger partial charge in [-0.25, -0.2) is 15.0 Å². The third-order valence-electron chi connectivity index (χ3n) is 6.29. The van der Waals surface area contributed by atoms with Gasteiger partial charge in [-0.15, -0.1) is 0 Å². The highest BCUT2D eigenvalue weighted by Crippen LogP contribution is 2.38. The Labute approximate surface area is 231 Å². The molecule has 202 valence electrons. The lowest BCUT2D eigenvalue weighted by Gasteiger charge is -2.15. The van der Waals surface area contributed by atoms with Crippen LogP contribution in [0.25, 0.3) is 16.9 Å². The van der Waals surface area contributed by atoms with Crippen molar-refractivity contribution in [3.05, 3.63) is 96.7 Å². The number of rotatable bonds is 9. The van der Waals surface area contributed by atoms with Crippen LogP contribution in [-0.2, 0) is 0 Å². The van der Waals surface area contributed by atoms with Gasteiger partial charge in [-0.3, -0.25) is 4.79 Å². The second-order valence-electron chi connectivity index (χ2n) is 8.81. The molecule has 40 heavy (non-hydrogen) atoms. The molecule has 2 heterocycles. The van der Waals surface area contributed by atoms with Crippen molar-refractivity contribution in [3.8, 4) is 34.2 Å². The van der Waals surface area contributed by atoms with E-state index < -0.39 is 0 Å². The minimum Gasteiger partial charge on any atom is -0.493 e. The average molecular weight is 537 g/mol. The SMILES string of the molecule is COc1cc(C(=O)Nc2ccc(C)c(Nc3nccc(-c4ccc(-n5ccnc5)cc4)n3)c2)cc(OC)c1OC. The maximum atomic E-state index is 13.1. The summed E-state index contributed by atoms with van der Waals surface area (Å²) >= 11 is 0. The molecule has 0 fully saturated rings. The number of amides is 1. The molecule has 10 heteroatoms. The number of nitrogens with zero attached hydrogens (tertiary/aromatic N) is 4. The topological polar surface area (TPSA) is 112 Å². The van der Waals surface area contributed by atoms with E-state index >= 15 is 0 Å². The number of hydrogen-bond acceptors (Lipinski definition) is 8. The number of carbonyl (C=O) groups excluding carboxylic acids is 1. The van der Waals surface area contributed by atoms with Crippen LogP contribution in [0.4, 0.5) is 17.3 Å². The Hall–Kier alpha value is -5.38. The van der Waals surface area contributed by atoms with Crippen LogP contribution in [0.2, 0.25) is 0 Å². The fraction of sp³-hybridized carbons (Fsp3) is 0.133. The molecule has 5 rings (SSSR count). The number of aryl methyl sites for hydroxylation is 1. The van der Waals surface area contributed by atoms with Gasteiger partial charge in [-0.2, -0.15) is 0 Å². The number of ether oxygens (including phenoxy) is 3. The summed E-state index contributed by atoms with van der Waals surface area (Å²) in [5, 5.41) is 6.21. The lowest BCUT2D eigenvalue weighted by atomic mass is 10.1. The van der Waals surface area contributed by atoms with Gasteiger partial charge in [0.25, 0.3) is 5.91 Å². The minimum atomic E-state index is -0.327. The van der Waals surface area contributed by atoms with E-state index in [1.165, 1.54) is 21.3 Å². The summed E-state index contributed by atoms with van der Waals surface area (Å²) < 4.78 is 18.0. The van der Waals surface area contributed by atoms with E-state index in [0.29, 0.717) is 34.4 Å². The van der Waals surface area contributed by atoms with E-state index in [0.717, 1.165) is 28.2 Å². The van der Waals surface area contributed by atoms with E-state index in [1.807, 2.05) is 66.2 Å². The lowest BCUT2D eigenvalue weighted by molar-refractivity contribution is 0.102. The zero-order valence-corrected chi connectivity index (χ0v) is 22.5. The first-order valence-corrected chi connectivity index (χ1v) is 12.4. The number of carbonyl (C=O) groups is 1. The van der Waals surface area contributed by atoms with Crippen molar-refractivity contribution in [1.29, 1.82) is 0 Å². The predicted octanol–water partition coefficient (Wildman–Crippen LogP) is 5.66. The molecule has 0 bridgehead atoms. The molecule has 1 amide bonds. The summed E-state index contributed by atoms with van der Waals surface area (Å²) in [5.74, 6) is 1.32. The predicted molar refractivity (Wildman–Crippen MR) is 153 cm³/mol. The second-order valence-corrected chi connectivity index (χ2v) is 8.81. The quantitative estimate of drug-likeness (QED) is 0.248. The smallest absolute Gasteiger partial charge is 0.255 e. The second kappa shape index (κ2) is 11.6. The molecule has 0 aliphatic rings. The van der Waals surface area contributed by atoms with Gasteiger partial charge in [0.2, 0.25) is 11.7 Å². The zero-order chi connectivity index (χ0) is 28.1. The Bertz CT molecular complexity index is 1610. The zero-order valence-electron chi connectivity index (χ0n) is 22.5. The third kappa shape index (κ3) is 5.56. The van der Waals surface area contributed by atoms with E-state index in [2.05, 4.69) is 20.6 Å². The van der Waals surface area contributed by atoms with Crippen molar-refractivity contribution in [2.75, 3.05) is 32.0 Å². The Morgan fingerprint density at radius 2 is 1.62 bits per heavy atom. The summed E-state index contributed by atoms with van der Waals surface area (Å²) in [6.07, 6.45) is 7.10. The first-order valence-electron chi connectivity index (χ1n) is 12.4. The van der Waals surface area contributed by atoms with Gasteiger partial charge in [0.15, 0.2) is 11.5 Å². The van der Waals surface area contributed by atoms with E-state index in [1.54, 1.807) is 30.9 Å². The van der Waals surface area contributed by atoms with Gasteiger partial charge in [0.05, 0.1) is 33.4 Å². The highest BCUT2D eigenvalue weighted by molar-refractivity contribution is 6.05. The first-order chi connectivity index (χ1) is 19.5. The molecule has 0 radical (unpaired) electrons. The molecule has 2 aromatic heterocycles. The van der Waals surface area contributed by atoms with Crippen molar-refractivity contribution >= 4 is 23.2 Å². The highest BCUT2D eigenvalue weighted by Gasteiger charge is 2.17. The highest BCUT2D eigenvalue weighted by atomic mass is 16.5. The number of hydrogen-bond donors (Lipinski definition) is 2. The number of benzene rings is 3. The maximum Gasteiger partial charge on any atom is 0.255 e. The summed E-state index contributed by atoms with van der Waals surface area (Å²) in [6, 6.07) is 18.7. The van der Waals surface area contributed by atoms with Crippen molar-refractivity contribution in [1.82, 2.24) is 19.5 Å². The van der Waals surface area contributed by atoms with E-state index in [-0.39, 0.29) is 5.91 Å². The molecule has 0 aliphatic heterocycles. The number of anilines is 3. The molecular weight excluding hydrogens is 508 g/mol. The van der Waals surface area contributed by atoms with Gasteiger partial charge >= 0.3 is 0 Å². The summed E-state index contributed by atoms with van der Waals surface area (Å²) in [7, 11) is 4.52. The molecule has 2 N–H and O–H groups in total. The van der Waals surface area contributed by atoms with Crippen molar-refractivity contribution in [2.24, 2.45) is 0 Å². The standard InChI is InChI=1S/C30H28N6O4/c1-19-5-8-22(33-29(37)21-15-26(38-2)28(40-4)27(16-21)39-3)17-25(19)35-30-32-12-11-24(34-30)20-6-9-23(10-7-20)36-14-13-31-18-36/h5-18H,1-4H3,(H,33,37)(H,32,34,35). The van der Waals surface area contributed by atoms with E-state index in [4.69, 9.17) is 19.2 Å². The van der Waals surface area contributed by atoms with Crippen LogP contribution in [0.15, 0.2) is 85.6 Å². The summed E-state index contributed by atoms with van der Waals surface area (Å²) in [5.41, 5.74) is 5.42. The van der Waals surface area contributed by atoms with Crippen LogP contribution >= 0.6 is 0 Å². The average Bonchev–Trinajstić information content (AvgIpc) is 3.53. The largest absolute Gasteiger partial charge is 0.493 e. The summed E-state index contributed by atoms with van der Waals surface area (Å²) in [4.78, 5) is 26.3. The molecule has 5 aromatic rings. The molecule has 0 saturated heterocycles. The van der Waals surface area contributed by atoms with Crippen LogP contribution in [0.1, 0.15) is 15.9 Å². The monoisotopic (exact) mass is 536 g/mol. The number of methoxy groups -OCH3 is 3. The molecule has 10 nitrogen and oxygen atoms in total. The molecule has 0 atom stereocenters. The van der Waals surface area contributed by atoms with Crippen molar-refractivity contribution < 1.29 is 19.0 Å². The Kier molecular flexibility index (Phi) is 7.58. The Morgan fingerprint density at radius 3 is 2.27 bits per heavy atom. The molecule has 0 aliphatic carbocycles. The minimum absolute atomic E-state index is 0.327. The molecular formula is C30H28N6O4. The fourth-order valence-corrected chi connectivity index (χ4v) is 4.17. The normalized spacial score (nSPS) is 10.6. The van der Waals surface area contributed by atoms with Gasteiger partial charge < -0.3 is 29.4 Å². The molecule has 0 unspecified atom stereocenters. The Balaban J connectivity index is 1.34. The van der Waals surface area contributed by atoms with Crippen molar-refractivity contribution in [2.45, 2.75) is 6.92 Å². The van der Waals surface area contributed by atoms with Crippen LogP contribution in [0.3, 0.4) is 0 Å². The first kappa shape index (κ1) is 26.2. The van der Waals surface area contributed by atoms with Crippen LogP contribution in [0.5, 0.6) is 17.2 Å². The third-order valence-corrected chi connectivity index (χ3v) is 6.29. The number of aromatic nitrogens is 4. The van der Waals surface area contributed by atoms with Crippen LogP contribution < -0.4 is 24.8 Å². The molecule has 0 saturated carbocycles. The fourth-order valence-electron chi connectivity index (χ4n) is 4.17. The number of nitrogens with one attached hydrogen (secondary N) is 2. The van der Waals surface area contributed by atoms with Gasteiger partial charge in [0, 0.05) is 46.8 Å². The lowest BCUT2D eigenvalue weighted by Crippen LogP contribution is -2.13. The molecule has 0 spiro atoms. The maximum absolute atomic E-state index is 13.1. The van der Waals surface area contributed by atoms with Crippen molar-refractivity contribution in [3.63, 3.8) is 0 Å². The van der Waals surface area contributed by atoms with E-state index in [9.17, 15) is 4.79 Å². The number of imidazole rings is 1.